The van der Waals surface area contributed by atoms with Crippen molar-refractivity contribution < 1.29 is 19.1 Å². The third kappa shape index (κ3) is 2.83. The normalized spacial score (nSPS) is 19.6. The van der Waals surface area contributed by atoms with Gasteiger partial charge < -0.3 is 15.7 Å². The number of halogens is 1. The number of urea groups is 1. The van der Waals surface area contributed by atoms with E-state index in [-0.39, 0.29) is 17.1 Å². The second-order valence-electron chi connectivity index (χ2n) is 5.31. The maximum atomic E-state index is 13.4. The lowest BCUT2D eigenvalue weighted by atomic mass is 10.1. The van der Waals surface area contributed by atoms with Crippen LogP contribution in [0.4, 0.5) is 14.9 Å². The first-order chi connectivity index (χ1) is 8.81. The van der Waals surface area contributed by atoms with E-state index in [0.29, 0.717) is 0 Å². The van der Waals surface area contributed by atoms with Crippen LogP contribution in [0, 0.1) is 11.2 Å². The molecule has 0 spiro atoms. The van der Waals surface area contributed by atoms with E-state index in [1.807, 2.05) is 13.8 Å². The summed E-state index contributed by atoms with van der Waals surface area (Å²) in [6.45, 7) is 4.03. The summed E-state index contributed by atoms with van der Waals surface area (Å²) in [4.78, 5) is 22.6. The number of nitrogens with one attached hydrogen (secondary N) is 2. The van der Waals surface area contributed by atoms with Gasteiger partial charge in [-0.15, -0.1) is 0 Å². The van der Waals surface area contributed by atoms with Gasteiger partial charge in [0.1, 0.15) is 11.4 Å². The maximum Gasteiger partial charge on any atom is 0.340 e. The Morgan fingerprint density at radius 1 is 1.42 bits per heavy atom. The number of carboxylic acid groups (broad SMARTS) is 1. The highest BCUT2D eigenvalue weighted by Gasteiger charge is 2.46. The molecule has 5 nitrogen and oxygen atoms in total. The van der Waals surface area contributed by atoms with Crippen LogP contribution in [0.2, 0.25) is 0 Å². The first kappa shape index (κ1) is 13.3. The molecule has 3 N–H and O–H groups in total. The van der Waals surface area contributed by atoms with Gasteiger partial charge in [0.2, 0.25) is 0 Å². The van der Waals surface area contributed by atoms with Crippen LogP contribution in [0.5, 0.6) is 0 Å². The number of carbonyl (C=O) groups is 2. The largest absolute Gasteiger partial charge is 0.478 e. The number of rotatable bonds is 3. The molecule has 1 aromatic carbocycles. The molecule has 1 unspecified atom stereocenters. The first-order valence-corrected chi connectivity index (χ1v) is 5.90. The molecule has 0 aromatic heterocycles. The van der Waals surface area contributed by atoms with E-state index in [0.717, 1.165) is 12.5 Å². The third-order valence-corrected chi connectivity index (χ3v) is 3.29. The fraction of sp³-hybridized carbons (Fsp3) is 0.385. The van der Waals surface area contributed by atoms with Gasteiger partial charge in [0.25, 0.3) is 0 Å². The zero-order chi connectivity index (χ0) is 14.2. The monoisotopic (exact) mass is 266 g/mol. The molecule has 1 atom stereocenters. The van der Waals surface area contributed by atoms with Crippen LogP contribution in [0.15, 0.2) is 18.2 Å². The van der Waals surface area contributed by atoms with Crippen molar-refractivity contribution in [3.63, 3.8) is 0 Å². The molecule has 19 heavy (non-hydrogen) atoms. The average Bonchev–Trinajstić information content (AvgIpc) is 2.84. The van der Waals surface area contributed by atoms with Gasteiger partial charge in [0.15, 0.2) is 0 Å². The highest BCUT2D eigenvalue weighted by Crippen LogP contribution is 2.44. The number of carboxylic acids is 1. The molecule has 0 heterocycles. The SMILES string of the molecule is CC1(C)CC1NC(=O)Nc1cccc(F)c1C(=O)O. The molecule has 1 aliphatic rings. The third-order valence-electron chi connectivity index (χ3n) is 3.29. The van der Waals surface area contributed by atoms with E-state index in [2.05, 4.69) is 10.6 Å². The lowest BCUT2D eigenvalue weighted by molar-refractivity contribution is 0.0693. The van der Waals surface area contributed by atoms with Gasteiger partial charge in [-0.1, -0.05) is 19.9 Å². The molecule has 0 aliphatic heterocycles. The number of hydrogen-bond donors (Lipinski definition) is 3. The van der Waals surface area contributed by atoms with Gasteiger partial charge in [0.05, 0.1) is 5.69 Å². The minimum Gasteiger partial charge on any atom is -0.478 e. The molecule has 1 fully saturated rings. The van der Waals surface area contributed by atoms with Crippen LogP contribution in [-0.2, 0) is 0 Å². The average molecular weight is 266 g/mol. The van der Waals surface area contributed by atoms with Crippen molar-refractivity contribution in [2.75, 3.05) is 5.32 Å². The second-order valence-corrected chi connectivity index (χ2v) is 5.31. The Hall–Kier alpha value is -2.11. The van der Waals surface area contributed by atoms with Crippen LogP contribution in [-0.4, -0.2) is 23.1 Å². The summed E-state index contributed by atoms with van der Waals surface area (Å²) in [6.07, 6.45) is 0.870. The van der Waals surface area contributed by atoms with E-state index >= 15 is 0 Å². The van der Waals surface area contributed by atoms with Gasteiger partial charge in [-0.2, -0.15) is 0 Å². The Labute approximate surface area is 109 Å². The lowest BCUT2D eigenvalue weighted by Gasteiger charge is -2.11. The smallest absolute Gasteiger partial charge is 0.340 e. The zero-order valence-corrected chi connectivity index (χ0v) is 10.7. The van der Waals surface area contributed by atoms with E-state index in [1.165, 1.54) is 12.1 Å². The van der Waals surface area contributed by atoms with Crippen molar-refractivity contribution in [1.82, 2.24) is 5.32 Å². The summed E-state index contributed by atoms with van der Waals surface area (Å²) in [5, 5.41) is 14.0. The van der Waals surface area contributed by atoms with E-state index in [1.54, 1.807) is 0 Å². The number of hydrogen-bond acceptors (Lipinski definition) is 2. The fourth-order valence-electron chi connectivity index (χ4n) is 1.88. The van der Waals surface area contributed by atoms with E-state index in [4.69, 9.17) is 5.11 Å². The Morgan fingerprint density at radius 3 is 2.58 bits per heavy atom. The Morgan fingerprint density at radius 2 is 2.05 bits per heavy atom. The highest BCUT2D eigenvalue weighted by molar-refractivity contribution is 6.00. The van der Waals surface area contributed by atoms with Crippen LogP contribution >= 0.6 is 0 Å². The molecular formula is C13H15FN2O3. The topological polar surface area (TPSA) is 78.4 Å². The molecule has 102 valence electrons. The highest BCUT2D eigenvalue weighted by atomic mass is 19.1. The Bertz CT molecular complexity index is 543. The van der Waals surface area contributed by atoms with Crippen molar-refractivity contribution in [2.24, 2.45) is 5.41 Å². The van der Waals surface area contributed by atoms with Crippen molar-refractivity contribution in [2.45, 2.75) is 26.3 Å². The molecule has 0 radical (unpaired) electrons. The van der Waals surface area contributed by atoms with E-state index < -0.39 is 23.4 Å². The van der Waals surface area contributed by atoms with Crippen molar-refractivity contribution in [1.29, 1.82) is 0 Å². The molecule has 6 heteroatoms. The van der Waals surface area contributed by atoms with Gasteiger partial charge in [-0.05, 0) is 24.0 Å². The minimum atomic E-state index is -1.42. The molecule has 1 aromatic rings. The van der Waals surface area contributed by atoms with Crippen molar-refractivity contribution in [3.05, 3.63) is 29.6 Å². The van der Waals surface area contributed by atoms with Gasteiger partial charge >= 0.3 is 12.0 Å². The fourth-order valence-corrected chi connectivity index (χ4v) is 1.88. The number of amides is 2. The van der Waals surface area contributed by atoms with Crippen LogP contribution in [0.3, 0.4) is 0 Å². The summed E-state index contributed by atoms with van der Waals surface area (Å²) in [7, 11) is 0. The predicted molar refractivity (Wildman–Crippen MR) is 67.7 cm³/mol. The molecule has 2 amide bonds. The quantitative estimate of drug-likeness (QED) is 0.786. The Balaban J connectivity index is 2.09. The summed E-state index contributed by atoms with van der Waals surface area (Å²) >= 11 is 0. The number of carbonyl (C=O) groups excluding carboxylic acids is 1. The second kappa shape index (κ2) is 4.53. The van der Waals surface area contributed by atoms with Gasteiger partial charge in [-0.3, -0.25) is 0 Å². The number of aromatic carboxylic acids is 1. The molecular weight excluding hydrogens is 251 g/mol. The van der Waals surface area contributed by atoms with Gasteiger partial charge in [0, 0.05) is 6.04 Å². The van der Waals surface area contributed by atoms with E-state index in [9.17, 15) is 14.0 Å². The first-order valence-electron chi connectivity index (χ1n) is 5.90. The summed E-state index contributed by atoms with van der Waals surface area (Å²) in [5.74, 6) is -2.29. The predicted octanol–water partition coefficient (Wildman–Crippen LogP) is 2.44. The summed E-state index contributed by atoms with van der Waals surface area (Å²) < 4.78 is 13.4. The van der Waals surface area contributed by atoms with Gasteiger partial charge in [-0.25, -0.2) is 14.0 Å². The number of benzene rings is 1. The molecule has 0 saturated heterocycles. The summed E-state index contributed by atoms with van der Waals surface area (Å²) in [6, 6.07) is 3.28. The Kier molecular flexibility index (Phi) is 3.18. The van der Waals surface area contributed by atoms with Crippen LogP contribution in [0.25, 0.3) is 0 Å². The zero-order valence-electron chi connectivity index (χ0n) is 10.7. The van der Waals surface area contributed by atoms with Crippen molar-refractivity contribution >= 4 is 17.7 Å². The molecule has 0 bridgehead atoms. The molecule has 1 aliphatic carbocycles. The lowest BCUT2D eigenvalue weighted by Crippen LogP contribution is -2.33. The van der Waals surface area contributed by atoms with Crippen LogP contribution in [0.1, 0.15) is 30.6 Å². The maximum absolute atomic E-state index is 13.4. The van der Waals surface area contributed by atoms with Crippen molar-refractivity contribution in [3.8, 4) is 0 Å². The molecule has 1 saturated carbocycles. The molecule has 2 rings (SSSR count). The minimum absolute atomic E-state index is 0.0524. The van der Waals surface area contributed by atoms with Crippen LogP contribution < -0.4 is 10.6 Å². The number of anilines is 1. The summed E-state index contributed by atoms with van der Waals surface area (Å²) in [5.41, 5.74) is -0.522. The standard InChI is InChI=1S/C13H15FN2O3/c1-13(2)6-9(13)16-12(19)15-8-5-3-4-7(14)10(8)11(17)18/h3-5,9H,6H2,1-2H3,(H,17,18)(H2,15,16,19).